The van der Waals surface area contributed by atoms with E-state index in [-0.39, 0.29) is 0 Å². The van der Waals surface area contributed by atoms with Gasteiger partial charge in [-0.15, -0.1) is 0 Å². The summed E-state index contributed by atoms with van der Waals surface area (Å²) in [7, 11) is -1.46. The highest BCUT2D eigenvalue weighted by atomic mass is 16.4. The number of fused-ring (bicyclic) bond motifs is 3. The topological polar surface area (TPSA) is 56.8 Å². The molecule has 116 valence electrons. The molecule has 0 amide bonds. The van der Waals surface area contributed by atoms with E-state index in [0.717, 1.165) is 28.8 Å². The first-order valence-electron chi connectivity index (χ1n) is 7.77. The van der Waals surface area contributed by atoms with Gasteiger partial charge in [0.2, 0.25) is 0 Å². The predicted molar refractivity (Wildman–Crippen MR) is 89.5 cm³/mol. The molecule has 0 unspecified atom stereocenters. The van der Waals surface area contributed by atoms with Crippen molar-refractivity contribution in [1.82, 2.24) is 4.90 Å². The molecule has 1 aromatic carbocycles. The van der Waals surface area contributed by atoms with E-state index in [1.165, 1.54) is 5.57 Å². The van der Waals surface area contributed by atoms with E-state index in [9.17, 15) is 10.0 Å². The van der Waals surface area contributed by atoms with Crippen LogP contribution in [0.4, 0.5) is 0 Å². The molecule has 0 aliphatic carbocycles. The number of hydrogen-bond acceptors (Lipinski definition) is 4. The Bertz CT molecular complexity index is 731. The van der Waals surface area contributed by atoms with E-state index in [4.69, 9.17) is 4.42 Å². The van der Waals surface area contributed by atoms with Gasteiger partial charge in [-0.05, 0) is 31.3 Å². The summed E-state index contributed by atoms with van der Waals surface area (Å²) < 4.78 is 6.07. The molecule has 1 aromatic heterocycles. The van der Waals surface area contributed by atoms with Gasteiger partial charge in [0, 0.05) is 35.3 Å². The second-order valence-electron chi connectivity index (χ2n) is 6.54. The zero-order valence-electron chi connectivity index (χ0n) is 13.5. The normalized spacial score (nSPS) is 14.7. The van der Waals surface area contributed by atoms with Crippen LogP contribution in [0.3, 0.4) is 0 Å². The van der Waals surface area contributed by atoms with E-state index in [1.54, 1.807) is 6.07 Å². The lowest BCUT2D eigenvalue weighted by Gasteiger charge is -2.31. The van der Waals surface area contributed by atoms with Crippen molar-refractivity contribution in [1.29, 1.82) is 0 Å². The minimum atomic E-state index is -1.46. The zero-order chi connectivity index (χ0) is 16.0. The maximum absolute atomic E-state index is 9.41. The van der Waals surface area contributed by atoms with Crippen LogP contribution in [0, 0.1) is 5.92 Å². The molecule has 2 aromatic rings. The summed E-state index contributed by atoms with van der Waals surface area (Å²) in [5, 5.41) is 19.8. The molecule has 0 fully saturated rings. The molecular formula is C17H22BNO3. The molecule has 1 aliphatic heterocycles. The molecule has 0 radical (unpaired) electrons. The van der Waals surface area contributed by atoms with Gasteiger partial charge in [0.05, 0.1) is 0 Å². The van der Waals surface area contributed by atoms with Gasteiger partial charge >= 0.3 is 7.12 Å². The number of furan rings is 1. The van der Waals surface area contributed by atoms with E-state index in [1.807, 2.05) is 12.1 Å². The molecule has 2 heterocycles. The van der Waals surface area contributed by atoms with Crippen LogP contribution >= 0.6 is 0 Å². The standard InChI is InChI=1S/C17H22BNO3/c1-10(2)14-8-19(11(3)4)9-15-13-7-12(18(20)21)5-6-16(13)22-17(14)15/h5-8,10-11,20-21H,9H2,1-4H3. The molecule has 1 aliphatic rings. The van der Waals surface area contributed by atoms with Crippen LogP contribution in [0.1, 0.15) is 39.0 Å². The van der Waals surface area contributed by atoms with Crippen LogP contribution in [-0.2, 0) is 6.54 Å². The van der Waals surface area contributed by atoms with Crippen LogP contribution in [0.25, 0.3) is 16.5 Å². The van der Waals surface area contributed by atoms with Crippen molar-refractivity contribution in [3.05, 3.63) is 35.7 Å². The fourth-order valence-corrected chi connectivity index (χ4v) is 2.93. The third kappa shape index (κ3) is 2.44. The van der Waals surface area contributed by atoms with Gasteiger partial charge in [-0.25, -0.2) is 0 Å². The third-order valence-corrected chi connectivity index (χ3v) is 4.31. The molecule has 4 nitrogen and oxygen atoms in total. The van der Waals surface area contributed by atoms with Crippen LogP contribution in [-0.4, -0.2) is 28.1 Å². The minimum Gasteiger partial charge on any atom is -0.456 e. The van der Waals surface area contributed by atoms with E-state index in [2.05, 4.69) is 38.8 Å². The Morgan fingerprint density at radius 1 is 1.18 bits per heavy atom. The molecule has 0 saturated heterocycles. The van der Waals surface area contributed by atoms with Crippen LogP contribution in [0.5, 0.6) is 0 Å². The van der Waals surface area contributed by atoms with Crippen molar-refractivity contribution in [3.63, 3.8) is 0 Å². The second-order valence-corrected chi connectivity index (χ2v) is 6.54. The van der Waals surface area contributed by atoms with Gasteiger partial charge in [0.25, 0.3) is 0 Å². The van der Waals surface area contributed by atoms with Crippen LogP contribution < -0.4 is 5.46 Å². The summed E-state index contributed by atoms with van der Waals surface area (Å²) in [6, 6.07) is 5.74. The summed E-state index contributed by atoms with van der Waals surface area (Å²) in [6.45, 7) is 9.45. The lowest BCUT2D eigenvalue weighted by atomic mass is 9.79. The van der Waals surface area contributed by atoms with Crippen LogP contribution in [0.15, 0.2) is 28.8 Å². The summed E-state index contributed by atoms with van der Waals surface area (Å²) in [6.07, 6.45) is 2.20. The molecule has 5 heteroatoms. The average molecular weight is 299 g/mol. The summed E-state index contributed by atoms with van der Waals surface area (Å²) in [5.41, 5.74) is 3.62. The maximum atomic E-state index is 9.41. The molecule has 3 rings (SSSR count). The second kappa shape index (κ2) is 5.49. The Hall–Kier alpha value is -1.72. The Labute approximate surface area is 131 Å². The summed E-state index contributed by atoms with van der Waals surface area (Å²) in [5.74, 6) is 1.30. The first-order chi connectivity index (χ1) is 10.4. The first-order valence-corrected chi connectivity index (χ1v) is 7.77. The fourth-order valence-electron chi connectivity index (χ4n) is 2.93. The van der Waals surface area contributed by atoms with Crippen molar-refractivity contribution in [2.24, 2.45) is 5.92 Å². The number of benzene rings is 1. The average Bonchev–Trinajstić information content (AvgIpc) is 2.83. The molecule has 22 heavy (non-hydrogen) atoms. The number of allylic oxidation sites excluding steroid dienone is 1. The largest absolute Gasteiger partial charge is 0.488 e. The summed E-state index contributed by atoms with van der Waals surface area (Å²) >= 11 is 0. The minimum absolute atomic E-state index is 0.365. The molecule has 0 bridgehead atoms. The number of hydrogen-bond donors (Lipinski definition) is 2. The quantitative estimate of drug-likeness (QED) is 0.854. The zero-order valence-corrected chi connectivity index (χ0v) is 13.5. The molecular weight excluding hydrogens is 277 g/mol. The number of rotatable bonds is 3. The van der Waals surface area contributed by atoms with E-state index in [0.29, 0.717) is 17.4 Å². The van der Waals surface area contributed by atoms with Crippen molar-refractivity contribution >= 4 is 29.1 Å². The van der Waals surface area contributed by atoms with Crippen LogP contribution in [0.2, 0.25) is 0 Å². The molecule has 2 N–H and O–H groups in total. The van der Waals surface area contributed by atoms with Gasteiger partial charge in [-0.1, -0.05) is 26.0 Å². The molecule has 0 saturated carbocycles. The number of nitrogens with zero attached hydrogens (tertiary/aromatic N) is 1. The van der Waals surface area contributed by atoms with E-state index >= 15 is 0 Å². The monoisotopic (exact) mass is 299 g/mol. The first kappa shape index (κ1) is 15.2. The van der Waals surface area contributed by atoms with Gasteiger partial charge in [0.15, 0.2) is 0 Å². The molecule has 0 atom stereocenters. The Morgan fingerprint density at radius 2 is 1.91 bits per heavy atom. The lowest BCUT2D eigenvalue weighted by Crippen LogP contribution is -2.30. The van der Waals surface area contributed by atoms with Crippen molar-refractivity contribution in [3.8, 4) is 0 Å². The van der Waals surface area contributed by atoms with Gasteiger partial charge in [0.1, 0.15) is 11.3 Å². The van der Waals surface area contributed by atoms with Gasteiger partial charge < -0.3 is 19.4 Å². The van der Waals surface area contributed by atoms with E-state index < -0.39 is 7.12 Å². The third-order valence-electron chi connectivity index (χ3n) is 4.31. The smallest absolute Gasteiger partial charge is 0.456 e. The Balaban J connectivity index is 2.20. The van der Waals surface area contributed by atoms with Crippen molar-refractivity contribution in [2.75, 3.05) is 0 Å². The Kier molecular flexibility index (Phi) is 3.79. The fraction of sp³-hybridized carbons (Fsp3) is 0.412. The highest BCUT2D eigenvalue weighted by Gasteiger charge is 2.27. The SMILES string of the molecule is CC(C)C1=CN(C(C)C)Cc2c1oc1ccc(B(O)O)cc21. The van der Waals surface area contributed by atoms with Gasteiger partial charge in [-0.3, -0.25) is 0 Å². The predicted octanol–water partition coefficient (Wildman–Crippen LogP) is 2.33. The highest BCUT2D eigenvalue weighted by Crippen LogP contribution is 2.38. The lowest BCUT2D eigenvalue weighted by molar-refractivity contribution is 0.296. The Morgan fingerprint density at radius 3 is 2.50 bits per heavy atom. The summed E-state index contributed by atoms with van der Waals surface area (Å²) in [4.78, 5) is 2.30. The maximum Gasteiger partial charge on any atom is 0.488 e. The van der Waals surface area contributed by atoms with Gasteiger partial charge in [-0.2, -0.15) is 0 Å². The molecule has 0 spiro atoms. The van der Waals surface area contributed by atoms with Crippen molar-refractivity contribution < 1.29 is 14.5 Å². The highest BCUT2D eigenvalue weighted by molar-refractivity contribution is 6.58. The van der Waals surface area contributed by atoms with Crippen molar-refractivity contribution in [2.45, 2.75) is 40.3 Å².